The third-order valence-electron chi connectivity index (χ3n) is 3.65. The lowest BCUT2D eigenvalue weighted by atomic mass is 10.0. The van der Waals surface area contributed by atoms with Crippen molar-refractivity contribution in [1.82, 2.24) is 4.31 Å². The minimum atomic E-state index is -4.11. The van der Waals surface area contributed by atoms with Crippen LogP contribution in [0, 0.1) is 11.3 Å². The molecule has 24 heavy (non-hydrogen) atoms. The summed E-state index contributed by atoms with van der Waals surface area (Å²) in [5.41, 5.74) is -0.149. The van der Waals surface area contributed by atoms with Gasteiger partial charge in [0, 0.05) is 11.1 Å². The van der Waals surface area contributed by atoms with Gasteiger partial charge >= 0.3 is 0 Å². The molecule has 0 saturated heterocycles. The van der Waals surface area contributed by atoms with Crippen LogP contribution in [0.4, 0.5) is 0 Å². The van der Waals surface area contributed by atoms with E-state index in [4.69, 9.17) is 5.26 Å². The SMILES string of the molecule is N#CCN1C(=C(O)c2ccccc2)C(=O)c2ccccc2S1(=O)=O. The van der Waals surface area contributed by atoms with Gasteiger partial charge in [-0.25, -0.2) is 12.7 Å². The van der Waals surface area contributed by atoms with Crippen molar-refractivity contribution in [1.29, 1.82) is 5.26 Å². The molecule has 0 atom stereocenters. The molecule has 2 aromatic rings. The summed E-state index contributed by atoms with van der Waals surface area (Å²) in [7, 11) is -4.11. The topological polar surface area (TPSA) is 98.5 Å². The third-order valence-corrected chi connectivity index (χ3v) is 5.45. The van der Waals surface area contributed by atoms with Crippen molar-refractivity contribution in [2.24, 2.45) is 0 Å². The second kappa shape index (κ2) is 5.83. The smallest absolute Gasteiger partial charge is 0.266 e. The van der Waals surface area contributed by atoms with E-state index in [9.17, 15) is 18.3 Å². The Morgan fingerprint density at radius 1 is 1.08 bits per heavy atom. The summed E-state index contributed by atoms with van der Waals surface area (Å²) in [6.45, 7) is -0.575. The lowest BCUT2D eigenvalue weighted by Crippen LogP contribution is -2.40. The molecule has 1 aliphatic heterocycles. The molecule has 6 nitrogen and oxygen atoms in total. The van der Waals surface area contributed by atoms with Gasteiger partial charge in [0.25, 0.3) is 10.0 Å². The summed E-state index contributed by atoms with van der Waals surface area (Å²) in [4.78, 5) is 12.6. The normalized spacial score (nSPS) is 17.8. The zero-order valence-electron chi connectivity index (χ0n) is 12.4. The van der Waals surface area contributed by atoms with E-state index in [0.29, 0.717) is 9.87 Å². The average molecular weight is 340 g/mol. The summed E-state index contributed by atoms with van der Waals surface area (Å²) in [5.74, 6) is -1.12. The number of aliphatic hydroxyl groups excluding tert-OH is 1. The number of nitriles is 1. The fraction of sp³-hybridized carbons (Fsp3) is 0.0588. The number of nitrogens with zero attached hydrogens (tertiary/aromatic N) is 2. The van der Waals surface area contributed by atoms with Crippen molar-refractivity contribution in [3.8, 4) is 6.07 Å². The zero-order valence-corrected chi connectivity index (χ0v) is 13.2. The van der Waals surface area contributed by atoms with Crippen molar-refractivity contribution >= 4 is 21.6 Å². The first kappa shape index (κ1) is 15.8. The highest BCUT2D eigenvalue weighted by Crippen LogP contribution is 2.34. The Kier molecular flexibility index (Phi) is 3.83. The van der Waals surface area contributed by atoms with Crippen LogP contribution in [-0.2, 0) is 10.0 Å². The molecule has 1 heterocycles. The van der Waals surface area contributed by atoms with Gasteiger partial charge < -0.3 is 5.11 Å². The molecule has 0 radical (unpaired) electrons. The number of allylic oxidation sites excluding steroid dienone is 1. The lowest BCUT2D eigenvalue weighted by Gasteiger charge is -2.29. The molecule has 0 unspecified atom stereocenters. The van der Waals surface area contributed by atoms with E-state index in [2.05, 4.69) is 0 Å². The largest absolute Gasteiger partial charge is 0.505 e. The number of hydrogen-bond acceptors (Lipinski definition) is 5. The van der Waals surface area contributed by atoms with Crippen LogP contribution in [0.3, 0.4) is 0 Å². The van der Waals surface area contributed by atoms with Crippen LogP contribution < -0.4 is 0 Å². The van der Waals surface area contributed by atoms with Crippen molar-refractivity contribution in [3.63, 3.8) is 0 Å². The van der Waals surface area contributed by atoms with Crippen LogP contribution >= 0.6 is 0 Å². The Hall–Kier alpha value is -3.11. The number of ketones is 1. The van der Waals surface area contributed by atoms with Gasteiger partial charge in [-0.1, -0.05) is 42.5 Å². The molecule has 0 fully saturated rings. The number of carbonyl (C=O) groups is 1. The summed E-state index contributed by atoms with van der Waals surface area (Å²) in [6, 6.07) is 15.6. The monoisotopic (exact) mass is 340 g/mol. The summed E-state index contributed by atoms with van der Waals surface area (Å²) < 4.78 is 26.2. The van der Waals surface area contributed by atoms with E-state index in [1.807, 2.05) is 0 Å². The number of carbonyl (C=O) groups excluding carboxylic acids is 1. The predicted octanol–water partition coefficient (Wildman–Crippen LogP) is 2.32. The molecule has 0 aromatic heterocycles. The van der Waals surface area contributed by atoms with Crippen LogP contribution in [0.2, 0.25) is 0 Å². The molecule has 3 rings (SSSR count). The Bertz CT molecular complexity index is 989. The molecule has 120 valence electrons. The van der Waals surface area contributed by atoms with E-state index in [1.165, 1.54) is 18.2 Å². The zero-order chi connectivity index (χ0) is 17.3. The molecule has 0 bridgehead atoms. The molecule has 7 heteroatoms. The number of fused-ring (bicyclic) bond motifs is 1. The van der Waals surface area contributed by atoms with Gasteiger partial charge in [-0.15, -0.1) is 0 Å². The minimum absolute atomic E-state index is 0.0239. The minimum Gasteiger partial charge on any atom is -0.505 e. The molecule has 2 aromatic carbocycles. The van der Waals surface area contributed by atoms with E-state index >= 15 is 0 Å². The van der Waals surface area contributed by atoms with Crippen LogP contribution in [-0.4, -0.2) is 30.2 Å². The second-order valence-electron chi connectivity index (χ2n) is 5.06. The maximum absolute atomic E-state index is 12.8. The highest BCUT2D eigenvalue weighted by Gasteiger charge is 2.41. The van der Waals surface area contributed by atoms with Gasteiger partial charge in [0.1, 0.15) is 12.2 Å². The fourth-order valence-electron chi connectivity index (χ4n) is 2.55. The van der Waals surface area contributed by atoms with Gasteiger partial charge in [-0.2, -0.15) is 5.26 Å². The summed E-state index contributed by atoms with van der Waals surface area (Å²) in [6.07, 6.45) is 0. The number of hydrogen-bond donors (Lipinski definition) is 1. The Balaban J connectivity index is 2.33. The maximum atomic E-state index is 12.8. The first-order valence-corrected chi connectivity index (χ1v) is 8.44. The van der Waals surface area contributed by atoms with Gasteiger partial charge in [0.15, 0.2) is 5.76 Å². The second-order valence-corrected chi connectivity index (χ2v) is 6.89. The van der Waals surface area contributed by atoms with Gasteiger partial charge in [-0.3, -0.25) is 4.79 Å². The van der Waals surface area contributed by atoms with E-state index in [-0.39, 0.29) is 10.5 Å². The van der Waals surface area contributed by atoms with Crippen molar-refractivity contribution in [2.45, 2.75) is 4.90 Å². The molecule has 0 aliphatic carbocycles. The molecule has 0 saturated carbocycles. The van der Waals surface area contributed by atoms with Gasteiger partial charge in [0.05, 0.1) is 11.0 Å². The first-order chi connectivity index (χ1) is 11.5. The van der Waals surface area contributed by atoms with Crippen LogP contribution in [0.15, 0.2) is 65.2 Å². The predicted molar refractivity (Wildman–Crippen MR) is 86.3 cm³/mol. The molecular weight excluding hydrogens is 328 g/mol. The first-order valence-electron chi connectivity index (χ1n) is 7.00. The Labute approximate surface area is 138 Å². The highest BCUT2D eigenvalue weighted by molar-refractivity contribution is 7.89. The quantitative estimate of drug-likeness (QED) is 0.514. The average Bonchev–Trinajstić information content (AvgIpc) is 2.60. The van der Waals surface area contributed by atoms with Crippen molar-refractivity contribution in [3.05, 3.63) is 71.4 Å². The molecule has 0 amide bonds. The van der Waals surface area contributed by atoms with Gasteiger partial charge in [0.2, 0.25) is 5.78 Å². The Morgan fingerprint density at radius 2 is 1.71 bits per heavy atom. The molecular formula is C17H12N2O4S. The fourth-order valence-corrected chi connectivity index (χ4v) is 4.11. The summed E-state index contributed by atoms with van der Waals surface area (Å²) >= 11 is 0. The number of aliphatic hydroxyl groups is 1. The van der Waals surface area contributed by atoms with Crippen molar-refractivity contribution < 1.29 is 18.3 Å². The Morgan fingerprint density at radius 3 is 2.38 bits per heavy atom. The third kappa shape index (κ3) is 2.33. The van der Waals surface area contributed by atoms with Crippen LogP contribution in [0.25, 0.3) is 5.76 Å². The van der Waals surface area contributed by atoms with Gasteiger partial charge in [-0.05, 0) is 12.1 Å². The maximum Gasteiger partial charge on any atom is 0.266 e. The molecule has 1 aliphatic rings. The number of rotatable bonds is 2. The molecule has 0 spiro atoms. The lowest BCUT2D eigenvalue weighted by molar-refractivity contribution is 0.100. The number of sulfonamides is 1. The van der Waals surface area contributed by atoms with Crippen LogP contribution in [0.5, 0.6) is 0 Å². The highest BCUT2D eigenvalue weighted by atomic mass is 32.2. The standard InChI is InChI=1S/C17H12N2O4S/c18-10-11-19-15(16(20)12-6-2-1-3-7-12)17(21)13-8-4-5-9-14(13)24(19,22)23/h1-9,20H,11H2. The summed E-state index contributed by atoms with van der Waals surface area (Å²) in [5, 5.41) is 19.5. The molecule has 1 N–H and O–H groups in total. The van der Waals surface area contributed by atoms with Crippen molar-refractivity contribution in [2.75, 3.05) is 6.54 Å². The van der Waals surface area contributed by atoms with E-state index in [0.717, 1.165) is 0 Å². The number of benzene rings is 2. The number of Topliss-reactive ketones (excluding diaryl/α,β-unsaturated/α-hetero) is 1. The van der Waals surface area contributed by atoms with Crippen LogP contribution in [0.1, 0.15) is 15.9 Å². The van der Waals surface area contributed by atoms with E-state index < -0.39 is 33.8 Å². The van der Waals surface area contributed by atoms with E-state index in [1.54, 1.807) is 42.5 Å².